The van der Waals surface area contributed by atoms with Crippen molar-refractivity contribution in [3.63, 3.8) is 0 Å². The van der Waals surface area contributed by atoms with Crippen LogP contribution in [0.15, 0.2) is 30.3 Å². The summed E-state index contributed by atoms with van der Waals surface area (Å²) < 4.78 is 14.4. The Labute approximate surface area is 104 Å². The molecule has 0 unspecified atom stereocenters. The van der Waals surface area contributed by atoms with Crippen molar-refractivity contribution in [3.05, 3.63) is 47.5 Å². The van der Waals surface area contributed by atoms with Gasteiger partial charge < -0.3 is 5.11 Å². The Morgan fingerprint density at radius 3 is 2.44 bits per heavy atom. The van der Waals surface area contributed by atoms with Crippen LogP contribution in [0.5, 0.6) is 0 Å². The Morgan fingerprint density at radius 2 is 1.94 bits per heavy atom. The first-order chi connectivity index (χ1) is 8.49. The van der Waals surface area contributed by atoms with E-state index in [4.69, 9.17) is 5.11 Å². The molecule has 0 aliphatic carbocycles. The molecule has 0 bridgehead atoms. The molecule has 5 heteroatoms. The van der Waals surface area contributed by atoms with Gasteiger partial charge in [-0.3, -0.25) is 0 Å². The predicted octanol–water partition coefficient (Wildman–Crippen LogP) is 2.83. The number of aromatic carboxylic acids is 1. The van der Waals surface area contributed by atoms with Gasteiger partial charge in [-0.1, -0.05) is 13.8 Å². The first-order valence-corrected chi connectivity index (χ1v) is 5.58. The summed E-state index contributed by atoms with van der Waals surface area (Å²) in [4.78, 5) is 10.9. The molecule has 0 radical (unpaired) electrons. The number of benzene rings is 1. The zero-order valence-corrected chi connectivity index (χ0v) is 10.1. The average molecular weight is 248 g/mol. The lowest BCUT2D eigenvalue weighted by molar-refractivity contribution is 0.0690. The van der Waals surface area contributed by atoms with Crippen LogP contribution in [0.2, 0.25) is 0 Å². The maximum Gasteiger partial charge on any atom is 0.356 e. The summed E-state index contributed by atoms with van der Waals surface area (Å²) in [5.74, 6) is -1.29. The van der Waals surface area contributed by atoms with E-state index < -0.39 is 5.97 Å². The van der Waals surface area contributed by atoms with E-state index in [0.717, 1.165) is 5.69 Å². The summed E-state index contributed by atoms with van der Waals surface area (Å²) in [6, 6.07) is 7.32. The molecule has 1 aromatic carbocycles. The van der Waals surface area contributed by atoms with Gasteiger partial charge in [0.05, 0.1) is 5.69 Å². The highest BCUT2D eigenvalue weighted by molar-refractivity contribution is 5.85. The van der Waals surface area contributed by atoms with E-state index in [9.17, 15) is 9.18 Å². The molecule has 0 aliphatic rings. The maximum absolute atomic E-state index is 12.9. The van der Waals surface area contributed by atoms with E-state index in [1.54, 1.807) is 12.1 Å². The van der Waals surface area contributed by atoms with Crippen LogP contribution < -0.4 is 0 Å². The van der Waals surface area contributed by atoms with Gasteiger partial charge in [-0.2, -0.15) is 5.10 Å². The lowest BCUT2D eigenvalue weighted by Crippen LogP contribution is -2.04. The van der Waals surface area contributed by atoms with Crippen LogP contribution in [0.3, 0.4) is 0 Å². The molecule has 0 amide bonds. The van der Waals surface area contributed by atoms with E-state index in [-0.39, 0.29) is 17.4 Å². The van der Waals surface area contributed by atoms with Gasteiger partial charge in [0.25, 0.3) is 0 Å². The lowest BCUT2D eigenvalue weighted by Gasteiger charge is -2.09. The zero-order chi connectivity index (χ0) is 13.3. The fourth-order valence-corrected chi connectivity index (χ4v) is 1.70. The molecule has 0 spiro atoms. The van der Waals surface area contributed by atoms with Crippen molar-refractivity contribution >= 4 is 5.97 Å². The van der Waals surface area contributed by atoms with E-state index in [2.05, 4.69) is 5.10 Å². The minimum atomic E-state index is -1.07. The highest BCUT2D eigenvalue weighted by Gasteiger charge is 2.16. The van der Waals surface area contributed by atoms with Crippen molar-refractivity contribution in [2.75, 3.05) is 0 Å². The Bertz CT molecular complexity index is 573. The summed E-state index contributed by atoms with van der Waals surface area (Å²) in [6.45, 7) is 3.89. The molecule has 1 aromatic heterocycles. The van der Waals surface area contributed by atoms with Gasteiger partial charge in [-0.05, 0) is 36.2 Å². The molecule has 0 aliphatic heterocycles. The van der Waals surface area contributed by atoms with Gasteiger partial charge in [0.2, 0.25) is 0 Å². The highest BCUT2D eigenvalue weighted by Crippen LogP contribution is 2.20. The summed E-state index contributed by atoms with van der Waals surface area (Å²) in [7, 11) is 0. The van der Waals surface area contributed by atoms with Crippen molar-refractivity contribution in [1.29, 1.82) is 0 Å². The summed E-state index contributed by atoms with van der Waals surface area (Å²) in [5.41, 5.74) is 1.41. The number of aromatic nitrogens is 2. The fourth-order valence-electron chi connectivity index (χ4n) is 1.70. The average Bonchev–Trinajstić information content (AvgIpc) is 2.75. The number of carbonyl (C=O) groups is 1. The third kappa shape index (κ3) is 2.25. The number of rotatable bonds is 3. The third-order valence-corrected chi connectivity index (χ3v) is 2.62. The third-order valence-electron chi connectivity index (χ3n) is 2.62. The molecule has 2 aromatic rings. The largest absolute Gasteiger partial charge is 0.476 e. The second kappa shape index (κ2) is 4.60. The van der Waals surface area contributed by atoms with Gasteiger partial charge in [-0.25, -0.2) is 13.9 Å². The fraction of sp³-hybridized carbons (Fsp3) is 0.231. The standard InChI is InChI=1S/C13H13FN2O2/c1-8(2)12-7-11(13(17)18)15-16(12)10-5-3-9(14)4-6-10/h3-8H,1-2H3,(H,17,18). The molecule has 1 N–H and O–H groups in total. The first kappa shape index (κ1) is 12.3. The van der Waals surface area contributed by atoms with Crippen LogP contribution in [0, 0.1) is 5.82 Å². The summed E-state index contributed by atoms with van der Waals surface area (Å²) >= 11 is 0. The SMILES string of the molecule is CC(C)c1cc(C(=O)O)nn1-c1ccc(F)cc1. The molecule has 94 valence electrons. The number of nitrogens with zero attached hydrogens (tertiary/aromatic N) is 2. The highest BCUT2D eigenvalue weighted by atomic mass is 19.1. The molecule has 0 saturated carbocycles. The van der Waals surface area contributed by atoms with Crippen molar-refractivity contribution < 1.29 is 14.3 Å². The quantitative estimate of drug-likeness (QED) is 0.908. The number of carboxylic acid groups (broad SMARTS) is 1. The Hall–Kier alpha value is -2.17. The van der Waals surface area contributed by atoms with Crippen LogP contribution >= 0.6 is 0 Å². The number of carboxylic acids is 1. The van der Waals surface area contributed by atoms with Gasteiger partial charge in [0, 0.05) is 5.69 Å². The molecule has 0 fully saturated rings. The number of hydrogen-bond donors (Lipinski definition) is 1. The second-order valence-corrected chi connectivity index (χ2v) is 4.30. The molecular formula is C13H13FN2O2. The van der Waals surface area contributed by atoms with Crippen LogP contribution in [0.25, 0.3) is 5.69 Å². The maximum atomic E-state index is 12.9. The molecule has 2 rings (SSSR count). The van der Waals surface area contributed by atoms with Crippen LogP contribution in [0.1, 0.15) is 35.9 Å². The first-order valence-electron chi connectivity index (χ1n) is 5.58. The second-order valence-electron chi connectivity index (χ2n) is 4.30. The Balaban J connectivity index is 2.54. The zero-order valence-electron chi connectivity index (χ0n) is 10.1. The summed E-state index contributed by atoms with van der Waals surface area (Å²) in [6.07, 6.45) is 0. The van der Waals surface area contributed by atoms with Crippen LogP contribution in [-0.4, -0.2) is 20.9 Å². The van der Waals surface area contributed by atoms with E-state index in [1.165, 1.54) is 22.9 Å². The minimum absolute atomic E-state index is 0.0111. The molecule has 1 heterocycles. The van der Waals surface area contributed by atoms with Crippen molar-refractivity contribution in [2.24, 2.45) is 0 Å². The predicted molar refractivity (Wildman–Crippen MR) is 64.6 cm³/mol. The van der Waals surface area contributed by atoms with Crippen LogP contribution in [0.4, 0.5) is 4.39 Å². The van der Waals surface area contributed by atoms with Gasteiger partial charge in [0.15, 0.2) is 5.69 Å². The van der Waals surface area contributed by atoms with Gasteiger partial charge in [0.1, 0.15) is 5.82 Å². The molecular weight excluding hydrogens is 235 g/mol. The summed E-state index contributed by atoms with van der Waals surface area (Å²) in [5, 5.41) is 13.0. The number of hydrogen-bond acceptors (Lipinski definition) is 2. The van der Waals surface area contributed by atoms with E-state index in [0.29, 0.717) is 5.69 Å². The normalized spacial score (nSPS) is 10.9. The van der Waals surface area contributed by atoms with E-state index >= 15 is 0 Å². The van der Waals surface area contributed by atoms with Gasteiger partial charge >= 0.3 is 5.97 Å². The lowest BCUT2D eigenvalue weighted by atomic mass is 10.1. The van der Waals surface area contributed by atoms with Crippen molar-refractivity contribution in [3.8, 4) is 5.69 Å². The number of halogens is 1. The molecule has 4 nitrogen and oxygen atoms in total. The molecule has 0 atom stereocenters. The Kier molecular flexibility index (Phi) is 3.14. The minimum Gasteiger partial charge on any atom is -0.476 e. The van der Waals surface area contributed by atoms with Crippen molar-refractivity contribution in [2.45, 2.75) is 19.8 Å². The topological polar surface area (TPSA) is 55.1 Å². The monoisotopic (exact) mass is 248 g/mol. The molecule has 18 heavy (non-hydrogen) atoms. The van der Waals surface area contributed by atoms with E-state index in [1.807, 2.05) is 13.8 Å². The molecule has 0 saturated heterocycles. The Morgan fingerprint density at radius 1 is 1.33 bits per heavy atom. The van der Waals surface area contributed by atoms with Gasteiger partial charge in [-0.15, -0.1) is 0 Å². The van der Waals surface area contributed by atoms with Crippen LogP contribution in [-0.2, 0) is 0 Å². The smallest absolute Gasteiger partial charge is 0.356 e. The van der Waals surface area contributed by atoms with Crippen molar-refractivity contribution in [1.82, 2.24) is 9.78 Å².